The molecule has 0 amide bonds. The monoisotopic (exact) mass is 373 g/mol. The van der Waals surface area contributed by atoms with Gasteiger partial charge in [-0.25, -0.2) is 12.7 Å². The highest BCUT2D eigenvalue weighted by Gasteiger charge is 2.28. The second kappa shape index (κ2) is 6.96. The van der Waals surface area contributed by atoms with E-state index in [1.165, 1.54) is 4.63 Å². The van der Waals surface area contributed by atoms with Crippen LogP contribution in [0.3, 0.4) is 0 Å². The Morgan fingerprint density at radius 2 is 1.85 bits per heavy atom. The first kappa shape index (κ1) is 16.9. The molecule has 1 aromatic carbocycles. The maximum atomic E-state index is 12.6. The quantitative estimate of drug-likeness (QED) is 0.709. The van der Waals surface area contributed by atoms with Crippen LogP contribution in [0.4, 0.5) is 5.82 Å². The normalized spacial score (nSPS) is 16.8. The second-order valence-corrected chi connectivity index (χ2v) is 8.27. The van der Waals surface area contributed by atoms with Crippen LogP contribution in [0.2, 0.25) is 0 Å². The molecule has 3 aromatic rings. The lowest BCUT2D eigenvalue weighted by Crippen LogP contribution is -2.42. The van der Waals surface area contributed by atoms with E-state index in [-0.39, 0.29) is 11.8 Å². The average Bonchev–Trinajstić information content (AvgIpc) is 3.10. The van der Waals surface area contributed by atoms with Crippen LogP contribution in [-0.4, -0.2) is 57.1 Å². The Morgan fingerprint density at radius 1 is 1.08 bits per heavy atom. The van der Waals surface area contributed by atoms with E-state index in [1.807, 2.05) is 36.4 Å². The zero-order valence-electron chi connectivity index (χ0n) is 14.1. The SMILES string of the molecule is O=S(=O)(Cc1ccccc1)N1CCC(Nc2ccc3nnnn3n2)CC1. The van der Waals surface area contributed by atoms with Gasteiger partial charge in [-0.3, -0.25) is 0 Å². The number of nitrogens with one attached hydrogen (secondary N) is 1. The van der Waals surface area contributed by atoms with Crippen molar-refractivity contribution >= 4 is 21.5 Å². The van der Waals surface area contributed by atoms with E-state index in [4.69, 9.17) is 0 Å². The number of rotatable bonds is 5. The molecule has 0 atom stereocenters. The molecule has 1 aliphatic heterocycles. The molecule has 2 aromatic heterocycles. The molecule has 26 heavy (non-hydrogen) atoms. The molecule has 0 bridgehead atoms. The number of anilines is 1. The molecule has 0 unspecified atom stereocenters. The number of sulfonamides is 1. The molecular formula is C16H19N7O2S. The summed E-state index contributed by atoms with van der Waals surface area (Å²) in [5.41, 5.74) is 1.39. The van der Waals surface area contributed by atoms with Gasteiger partial charge in [-0.15, -0.1) is 14.8 Å². The molecule has 0 saturated carbocycles. The van der Waals surface area contributed by atoms with Crippen LogP contribution in [0.1, 0.15) is 18.4 Å². The van der Waals surface area contributed by atoms with E-state index in [0.717, 1.165) is 18.4 Å². The fourth-order valence-corrected chi connectivity index (χ4v) is 4.65. The van der Waals surface area contributed by atoms with Crippen molar-refractivity contribution in [3.8, 4) is 0 Å². The Labute approximate surface area is 151 Å². The zero-order chi connectivity index (χ0) is 18.0. The van der Waals surface area contributed by atoms with Crippen molar-refractivity contribution in [3.63, 3.8) is 0 Å². The van der Waals surface area contributed by atoms with E-state index in [2.05, 4.69) is 25.9 Å². The van der Waals surface area contributed by atoms with Gasteiger partial charge in [-0.1, -0.05) is 30.3 Å². The summed E-state index contributed by atoms with van der Waals surface area (Å²) in [4.78, 5) is 0. The number of piperidine rings is 1. The third-order valence-corrected chi connectivity index (χ3v) is 6.31. The summed E-state index contributed by atoms with van der Waals surface area (Å²) in [5.74, 6) is 0.721. The predicted molar refractivity (Wildman–Crippen MR) is 95.9 cm³/mol. The predicted octanol–water partition coefficient (Wildman–Crippen LogP) is 0.926. The van der Waals surface area contributed by atoms with E-state index in [0.29, 0.717) is 24.6 Å². The van der Waals surface area contributed by atoms with Gasteiger partial charge in [0.2, 0.25) is 10.0 Å². The number of hydrogen-bond donors (Lipinski definition) is 1. The highest BCUT2D eigenvalue weighted by atomic mass is 32.2. The first-order valence-electron chi connectivity index (χ1n) is 8.44. The minimum Gasteiger partial charge on any atom is -0.366 e. The standard InChI is InChI=1S/C16H19N7O2S/c24-26(25,12-13-4-2-1-3-5-13)22-10-8-14(9-11-22)17-15-6-7-16-18-20-21-23(16)19-15/h1-7,14H,8-12H2,(H,17,19). The van der Waals surface area contributed by atoms with Crippen LogP contribution in [0.15, 0.2) is 42.5 Å². The molecule has 0 aliphatic carbocycles. The minimum absolute atomic E-state index is 0.0451. The van der Waals surface area contributed by atoms with E-state index in [9.17, 15) is 8.42 Å². The summed E-state index contributed by atoms with van der Waals surface area (Å²) in [5, 5.41) is 18.8. The van der Waals surface area contributed by atoms with Gasteiger partial charge in [0, 0.05) is 19.1 Å². The van der Waals surface area contributed by atoms with Crippen LogP contribution in [0.25, 0.3) is 5.65 Å². The molecule has 0 spiro atoms. The number of nitrogens with zero attached hydrogens (tertiary/aromatic N) is 6. The first-order chi connectivity index (χ1) is 12.6. The third kappa shape index (κ3) is 3.65. The summed E-state index contributed by atoms with van der Waals surface area (Å²) >= 11 is 0. The molecule has 4 rings (SSSR count). The summed E-state index contributed by atoms with van der Waals surface area (Å²) in [7, 11) is -3.29. The van der Waals surface area contributed by atoms with Crippen LogP contribution in [0.5, 0.6) is 0 Å². The van der Waals surface area contributed by atoms with Gasteiger partial charge in [0.05, 0.1) is 5.75 Å². The highest BCUT2D eigenvalue weighted by Crippen LogP contribution is 2.20. The van der Waals surface area contributed by atoms with Gasteiger partial charge < -0.3 is 5.32 Å². The topological polar surface area (TPSA) is 105 Å². The van der Waals surface area contributed by atoms with Crippen molar-refractivity contribution in [2.45, 2.75) is 24.6 Å². The number of aromatic nitrogens is 5. The smallest absolute Gasteiger partial charge is 0.218 e. The molecule has 1 aliphatic rings. The maximum absolute atomic E-state index is 12.6. The van der Waals surface area contributed by atoms with Gasteiger partial charge in [-0.2, -0.15) is 0 Å². The molecule has 9 nitrogen and oxygen atoms in total. The van der Waals surface area contributed by atoms with Gasteiger partial charge in [0.1, 0.15) is 5.82 Å². The van der Waals surface area contributed by atoms with Crippen molar-refractivity contribution in [3.05, 3.63) is 48.0 Å². The van der Waals surface area contributed by atoms with Crippen LogP contribution in [-0.2, 0) is 15.8 Å². The highest BCUT2D eigenvalue weighted by molar-refractivity contribution is 7.88. The van der Waals surface area contributed by atoms with Gasteiger partial charge in [0.25, 0.3) is 0 Å². The maximum Gasteiger partial charge on any atom is 0.218 e. The molecule has 10 heteroatoms. The number of benzene rings is 1. The summed E-state index contributed by atoms with van der Waals surface area (Å²) in [6.45, 7) is 1.000. The van der Waals surface area contributed by atoms with Crippen molar-refractivity contribution in [2.75, 3.05) is 18.4 Å². The van der Waals surface area contributed by atoms with Crippen LogP contribution in [0, 0.1) is 0 Å². The van der Waals surface area contributed by atoms with Gasteiger partial charge >= 0.3 is 0 Å². The lowest BCUT2D eigenvalue weighted by molar-refractivity contribution is 0.329. The van der Waals surface area contributed by atoms with Crippen LogP contribution < -0.4 is 5.32 Å². The lowest BCUT2D eigenvalue weighted by Gasteiger charge is -2.31. The minimum atomic E-state index is -3.29. The van der Waals surface area contributed by atoms with Crippen molar-refractivity contribution in [1.82, 2.24) is 29.6 Å². The Bertz CT molecular complexity index is 982. The molecule has 136 valence electrons. The lowest BCUT2D eigenvalue weighted by atomic mass is 10.1. The summed E-state index contributed by atoms with van der Waals surface area (Å²) < 4.78 is 28.2. The number of fused-ring (bicyclic) bond motifs is 1. The Morgan fingerprint density at radius 3 is 2.62 bits per heavy atom. The third-order valence-electron chi connectivity index (χ3n) is 4.46. The first-order valence-corrected chi connectivity index (χ1v) is 10.0. The zero-order valence-corrected chi connectivity index (χ0v) is 14.9. The van der Waals surface area contributed by atoms with E-state index >= 15 is 0 Å². The van der Waals surface area contributed by atoms with E-state index < -0.39 is 10.0 Å². The van der Waals surface area contributed by atoms with Crippen molar-refractivity contribution < 1.29 is 8.42 Å². The molecular weight excluding hydrogens is 354 g/mol. The summed E-state index contributed by atoms with van der Waals surface area (Å²) in [6.07, 6.45) is 1.45. The average molecular weight is 373 g/mol. The van der Waals surface area contributed by atoms with Gasteiger partial charge in [-0.05, 0) is 41.0 Å². The van der Waals surface area contributed by atoms with Crippen molar-refractivity contribution in [2.24, 2.45) is 0 Å². The van der Waals surface area contributed by atoms with E-state index in [1.54, 1.807) is 10.4 Å². The van der Waals surface area contributed by atoms with Crippen molar-refractivity contribution in [1.29, 1.82) is 0 Å². The second-order valence-electron chi connectivity index (χ2n) is 6.30. The molecule has 3 heterocycles. The molecule has 1 fully saturated rings. The fraction of sp³-hybridized carbons (Fsp3) is 0.375. The molecule has 1 N–H and O–H groups in total. The Kier molecular flexibility index (Phi) is 4.51. The van der Waals surface area contributed by atoms with Crippen LogP contribution >= 0.6 is 0 Å². The Hall–Kier alpha value is -2.59. The molecule has 0 radical (unpaired) electrons. The summed E-state index contributed by atoms with van der Waals surface area (Å²) in [6, 6.07) is 13.1. The fourth-order valence-electron chi connectivity index (χ4n) is 3.09. The number of tetrazole rings is 1. The van der Waals surface area contributed by atoms with Gasteiger partial charge in [0.15, 0.2) is 5.65 Å². The largest absolute Gasteiger partial charge is 0.366 e. The number of hydrogen-bond acceptors (Lipinski definition) is 7. The molecule has 1 saturated heterocycles. The Balaban J connectivity index is 1.36.